The maximum absolute atomic E-state index is 5.65. The standard InChI is InChI=1S/C16H20B2NO.K/c1-18(2,3)13-19-15-8-5-4-7-14(15)10-11-17(19)16-9-6-12-20-16;/h4-12H,13H2,1-3H3;/q-1;+1. The Labute approximate surface area is 170 Å². The molecule has 0 N–H and O–H groups in total. The van der Waals surface area contributed by atoms with Crippen LogP contribution in [0.2, 0.25) is 20.5 Å². The molecule has 0 spiro atoms. The van der Waals surface area contributed by atoms with Crippen LogP contribution in [0.4, 0.5) is 5.69 Å². The number of anilines is 1. The van der Waals surface area contributed by atoms with E-state index in [1.807, 2.05) is 6.07 Å². The van der Waals surface area contributed by atoms with Crippen LogP contribution in [-0.2, 0) is 0 Å². The third kappa shape index (κ3) is 3.96. The van der Waals surface area contributed by atoms with Gasteiger partial charge in [-0.15, -0.1) is 6.44 Å². The Morgan fingerprint density at radius 3 is 2.52 bits per heavy atom. The van der Waals surface area contributed by atoms with Gasteiger partial charge in [-0.2, -0.15) is 20.5 Å². The van der Waals surface area contributed by atoms with Gasteiger partial charge in [-0.25, -0.2) is 0 Å². The van der Waals surface area contributed by atoms with Crippen molar-refractivity contribution in [1.82, 2.24) is 0 Å². The second kappa shape index (κ2) is 6.92. The minimum absolute atomic E-state index is 0. The number of fused-ring (bicyclic) bond motifs is 1. The first-order chi connectivity index (χ1) is 9.54. The van der Waals surface area contributed by atoms with E-state index in [4.69, 9.17) is 4.42 Å². The predicted octanol–water partition coefficient (Wildman–Crippen LogP) is 0.432. The molecule has 1 aromatic carbocycles. The van der Waals surface area contributed by atoms with E-state index in [2.05, 4.69) is 67.7 Å². The topological polar surface area (TPSA) is 16.4 Å². The summed E-state index contributed by atoms with van der Waals surface area (Å²) in [5.74, 6) is 2.24. The maximum Gasteiger partial charge on any atom is 1.00 e. The Kier molecular flexibility index (Phi) is 5.66. The molecule has 3 rings (SSSR count). The summed E-state index contributed by atoms with van der Waals surface area (Å²) in [5, 5.41) is 0. The number of furan rings is 1. The second-order valence-electron chi connectivity index (χ2n) is 6.99. The second-order valence-corrected chi connectivity index (χ2v) is 6.99. The van der Waals surface area contributed by atoms with Crippen LogP contribution in [0.1, 0.15) is 5.56 Å². The van der Waals surface area contributed by atoms with Gasteiger partial charge in [-0.1, -0.05) is 30.3 Å². The molecule has 2 aromatic rings. The van der Waals surface area contributed by atoms with E-state index in [1.54, 1.807) is 6.26 Å². The number of benzene rings is 1. The zero-order valence-electron chi connectivity index (χ0n) is 13.4. The predicted molar refractivity (Wildman–Crippen MR) is 90.3 cm³/mol. The summed E-state index contributed by atoms with van der Waals surface area (Å²) in [4.78, 5) is 2.47. The fraction of sp³-hybridized carbons (Fsp3) is 0.250. The quantitative estimate of drug-likeness (QED) is 0.765. The first-order valence-electron chi connectivity index (χ1n) is 7.40. The molecule has 0 aliphatic carbocycles. The van der Waals surface area contributed by atoms with Gasteiger partial charge in [0.1, 0.15) is 0 Å². The third-order valence-corrected chi connectivity index (χ3v) is 3.62. The molecule has 0 radical (unpaired) electrons. The monoisotopic (exact) mass is 303 g/mol. The van der Waals surface area contributed by atoms with Crippen LogP contribution in [0.3, 0.4) is 0 Å². The van der Waals surface area contributed by atoms with E-state index in [0.717, 1.165) is 12.1 Å². The minimum Gasteiger partial charge on any atom is -0.476 e. The minimum atomic E-state index is -0.424. The summed E-state index contributed by atoms with van der Waals surface area (Å²) in [6.45, 7) is 7.20. The summed E-state index contributed by atoms with van der Waals surface area (Å²) >= 11 is 0. The van der Waals surface area contributed by atoms with Gasteiger partial charge in [0, 0.05) is 11.8 Å². The Balaban J connectivity index is 0.00000161. The summed E-state index contributed by atoms with van der Waals surface area (Å²) < 4.78 is 5.65. The zero-order valence-corrected chi connectivity index (χ0v) is 16.5. The summed E-state index contributed by atoms with van der Waals surface area (Å²) in [6.07, 6.45) is 4.58. The summed E-state index contributed by atoms with van der Waals surface area (Å²) in [5.41, 5.74) is 3.60. The van der Waals surface area contributed by atoms with Crippen molar-refractivity contribution in [3.63, 3.8) is 0 Å². The number of para-hydroxylation sites is 1. The van der Waals surface area contributed by atoms with Gasteiger partial charge in [0.15, 0.2) is 0 Å². The van der Waals surface area contributed by atoms with Crippen LogP contribution in [0, 0.1) is 0 Å². The molecule has 0 atom stereocenters. The van der Waals surface area contributed by atoms with Gasteiger partial charge in [0.05, 0.1) is 11.9 Å². The van der Waals surface area contributed by atoms with Crippen molar-refractivity contribution in [2.45, 2.75) is 20.5 Å². The Hall–Kier alpha value is -0.194. The SMILES string of the molecule is C[B-](C)(C)CN1B(c2ccco2)C=Cc2ccccc21.[K+]. The van der Waals surface area contributed by atoms with E-state index in [1.165, 1.54) is 11.3 Å². The molecular formula is C16H20B2KNO. The van der Waals surface area contributed by atoms with Crippen molar-refractivity contribution in [2.24, 2.45) is 0 Å². The van der Waals surface area contributed by atoms with Gasteiger partial charge in [0.25, 0.3) is 0 Å². The van der Waals surface area contributed by atoms with Crippen LogP contribution >= 0.6 is 0 Å². The van der Waals surface area contributed by atoms with Crippen LogP contribution in [0.25, 0.3) is 6.08 Å². The first-order valence-corrected chi connectivity index (χ1v) is 7.40. The fourth-order valence-electron chi connectivity index (χ4n) is 2.85. The Bertz CT molecular complexity index is 619. The van der Waals surface area contributed by atoms with E-state index < -0.39 is 6.15 Å². The Morgan fingerprint density at radius 2 is 1.86 bits per heavy atom. The van der Waals surface area contributed by atoms with Crippen molar-refractivity contribution >= 4 is 30.4 Å². The third-order valence-electron chi connectivity index (χ3n) is 3.62. The smallest absolute Gasteiger partial charge is 0.476 e. The molecule has 1 aliphatic rings. The van der Waals surface area contributed by atoms with Crippen LogP contribution in [0.15, 0.2) is 53.1 Å². The van der Waals surface area contributed by atoms with Crippen molar-refractivity contribution in [1.29, 1.82) is 0 Å². The van der Waals surface area contributed by atoms with Crippen molar-refractivity contribution < 1.29 is 55.8 Å². The Morgan fingerprint density at radius 1 is 1.10 bits per heavy atom. The van der Waals surface area contributed by atoms with E-state index in [9.17, 15) is 0 Å². The van der Waals surface area contributed by atoms with E-state index in [-0.39, 0.29) is 58.2 Å². The van der Waals surface area contributed by atoms with Gasteiger partial charge < -0.3 is 9.23 Å². The number of hydrogen-bond acceptors (Lipinski definition) is 2. The van der Waals surface area contributed by atoms with Crippen LogP contribution in [0.5, 0.6) is 0 Å². The number of rotatable bonds is 3. The van der Waals surface area contributed by atoms with Gasteiger partial charge in [-0.05, 0) is 23.8 Å². The summed E-state index contributed by atoms with van der Waals surface area (Å²) in [6, 6.07) is 12.6. The van der Waals surface area contributed by atoms with E-state index >= 15 is 0 Å². The molecule has 1 aliphatic heterocycles. The molecule has 0 amide bonds. The molecule has 1 aromatic heterocycles. The van der Waals surface area contributed by atoms with Gasteiger partial charge >= 0.3 is 58.2 Å². The molecule has 2 nitrogen and oxygen atoms in total. The normalized spacial score (nSPS) is 13.9. The zero-order chi connectivity index (χ0) is 14.2. The number of nitrogens with zero attached hydrogens (tertiary/aromatic N) is 1. The van der Waals surface area contributed by atoms with Crippen LogP contribution in [-0.4, -0.2) is 19.4 Å². The molecule has 0 fully saturated rings. The molecule has 102 valence electrons. The molecule has 2 heterocycles. The maximum atomic E-state index is 5.65. The van der Waals surface area contributed by atoms with Crippen molar-refractivity contribution in [3.05, 3.63) is 54.2 Å². The van der Waals surface area contributed by atoms with Crippen LogP contribution < -0.4 is 61.9 Å². The molecule has 0 saturated carbocycles. The average Bonchev–Trinajstić information content (AvgIpc) is 2.91. The molecule has 21 heavy (non-hydrogen) atoms. The molecule has 0 saturated heterocycles. The first kappa shape index (κ1) is 17.2. The molecule has 0 bridgehead atoms. The average molecular weight is 303 g/mol. The molecule has 0 unspecified atom stereocenters. The van der Waals surface area contributed by atoms with Crippen molar-refractivity contribution in [3.8, 4) is 0 Å². The number of hydrogen-bond donors (Lipinski definition) is 0. The largest absolute Gasteiger partial charge is 1.00 e. The van der Waals surface area contributed by atoms with Gasteiger partial charge in [0.2, 0.25) is 0 Å². The molecular weight excluding hydrogens is 283 g/mol. The summed E-state index contributed by atoms with van der Waals surface area (Å²) in [7, 11) is 0. The fourth-order valence-corrected chi connectivity index (χ4v) is 2.85. The van der Waals surface area contributed by atoms with E-state index in [0.29, 0.717) is 0 Å². The molecule has 5 heteroatoms. The van der Waals surface area contributed by atoms with Gasteiger partial charge in [-0.3, -0.25) is 0 Å². The van der Waals surface area contributed by atoms with Crippen molar-refractivity contribution in [2.75, 3.05) is 11.3 Å².